The predicted molar refractivity (Wildman–Crippen MR) is 126 cm³/mol. The maximum Gasteiger partial charge on any atom is 0.325 e. The van der Waals surface area contributed by atoms with E-state index in [1.807, 2.05) is 68.4 Å². The highest BCUT2D eigenvalue weighted by molar-refractivity contribution is 7.81. The summed E-state index contributed by atoms with van der Waals surface area (Å²) in [5, 5.41) is 11.2. The second-order valence-electron chi connectivity index (χ2n) is 8.35. The lowest BCUT2D eigenvalue weighted by Crippen LogP contribution is -2.43. The normalized spacial score (nSPS) is 14.0. The Labute approximate surface area is 189 Å². The van der Waals surface area contributed by atoms with E-state index >= 15 is 0 Å². The first-order chi connectivity index (χ1) is 14.7. The quantitative estimate of drug-likeness (QED) is 0.451. The molecule has 0 bridgehead atoms. The summed E-state index contributed by atoms with van der Waals surface area (Å²) in [7, 11) is 0. The number of benzene rings is 2. The topological polar surface area (TPSA) is 83.5 Å². The van der Waals surface area contributed by atoms with Gasteiger partial charge < -0.3 is 10.4 Å². The zero-order valence-electron chi connectivity index (χ0n) is 18.2. The minimum atomic E-state index is -1.11. The minimum absolute atomic E-state index is 0.0273. The van der Waals surface area contributed by atoms with Crippen LogP contribution in [0.5, 0.6) is 0 Å². The number of hydrogen-bond acceptors (Lipinski definition) is 4. The number of carboxylic acids is 1. The maximum atomic E-state index is 12.8. The zero-order chi connectivity index (χ0) is 23.0. The number of carbonyl (C=O) groups excluding carboxylic acids is 2. The molecule has 0 fully saturated rings. The fraction of sp³-hybridized carbons (Fsp3) is 0.400. The van der Waals surface area contributed by atoms with Crippen LogP contribution in [0.2, 0.25) is 0 Å². The molecule has 0 heterocycles. The molecule has 0 aromatic heterocycles. The molecule has 2 unspecified atom stereocenters. The van der Waals surface area contributed by atoms with Crippen molar-refractivity contribution >= 4 is 30.3 Å². The molecule has 3 atom stereocenters. The van der Waals surface area contributed by atoms with Gasteiger partial charge >= 0.3 is 5.97 Å². The molecule has 31 heavy (non-hydrogen) atoms. The highest BCUT2D eigenvalue weighted by Gasteiger charge is 2.27. The van der Waals surface area contributed by atoms with Crippen molar-refractivity contribution in [3.63, 3.8) is 0 Å². The molecule has 6 heteroatoms. The Hall–Kier alpha value is -2.60. The second-order valence-corrected chi connectivity index (χ2v) is 8.97. The molecule has 2 aromatic rings. The van der Waals surface area contributed by atoms with Crippen molar-refractivity contribution in [2.75, 3.05) is 0 Å². The summed E-state index contributed by atoms with van der Waals surface area (Å²) in [6, 6.07) is 16.8. The van der Waals surface area contributed by atoms with E-state index in [2.05, 4.69) is 17.9 Å². The van der Waals surface area contributed by atoms with Crippen LogP contribution in [0, 0.1) is 11.8 Å². The summed E-state index contributed by atoms with van der Waals surface area (Å²) >= 11 is 4.41. The number of Topliss-reactive ketones (excluding diaryl/α,β-unsaturated/α-hetero) is 1. The second kappa shape index (κ2) is 11.7. The summed E-state index contributed by atoms with van der Waals surface area (Å²) in [5.74, 6) is -1.98. The van der Waals surface area contributed by atoms with Crippen LogP contribution in [0.4, 0.5) is 0 Å². The Balaban J connectivity index is 2.16. The zero-order valence-corrected chi connectivity index (χ0v) is 19.1. The van der Waals surface area contributed by atoms with E-state index in [0.29, 0.717) is 18.8 Å². The van der Waals surface area contributed by atoms with Crippen molar-refractivity contribution in [2.24, 2.45) is 11.8 Å². The molecule has 0 aliphatic rings. The molecule has 2 aromatic carbocycles. The van der Waals surface area contributed by atoms with Crippen molar-refractivity contribution in [2.45, 2.75) is 51.3 Å². The first-order valence-electron chi connectivity index (χ1n) is 10.6. The third-order valence-corrected chi connectivity index (χ3v) is 5.66. The van der Waals surface area contributed by atoms with Gasteiger partial charge in [0, 0.05) is 12.3 Å². The molecule has 2 rings (SSSR count). The van der Waals surface area contributed by atoms with Crippen LogP contribution in [0.15, 0.2) is 54.6 Å². The summed E-state index contributed by atoms with van der Waals surface area (Å²) in [6.07, 6.45) is 1.01. The van der Waals surface area contributed by atoms with Gasteiger partial charge in [0.05, 0.1) is 5.25 Å². The average molecular weight is 442 g/mol. The van der Waals surface area contributed by atoms with Crippen LogP contribution < -0.4 is 5.32 Å². The molecule has 0 radical (unpaired) electrons. The molecule has 5 nitrogen and oxygen atoms in total. The molecule has 0 aliphatic carbocycles. The number of hydrogen-bond donors (Lipinski definition) is 3. The van der Waals surface area contributed by atoms with Gasteiger partial charge in [-0.3, -0.25) is 14.4 Å². The van der Waals surface area contributed by atoms with Gasteiger partial charge in [-0.15, -0.1) is 0 Å². The van der Waals surface area contributed by atoms with Crippen LogP contribution in [-0.4, -0.2) is 34.1 Å². The molecule has 0 saturated heterocycles. The van der Waals surface area contributed by atoms with Gasteiger partial charge in [0.25, 0.3) is 0 Å². The van der Waals surface area contributed by atoms with Crippen molar-refractivity contribution in [1.29, 1.82) is 0 Å². The van der Waals surface area contributed by atoms with E-state index in [9.17, 15) is 14.4 Å². The largest absolute Gasteiger partial charge is 0.480 e. The molecule has 0 saturated carbocycles. The first kappa shape index (κ1) is 24.7. The number of amides is 1. The summed E-state index contributed by atoms with van der Waals surface area (Å²) in [4.78, 5) is 36.6. The smallest absolute Gasteiger partial charge is 0.325 e. The van der Waals surface area contributed by atoms with E-state index in [0.717, 1.165) is 16.7 Å². The Bertz CT molecular complexity index is 880. The molecule has 0 aliphatic heterocycles. The maximum absolute atomic E-state index is 12.8. The summed E-state index contributed by atoms with van der Waals surface area (Å²) in [5.41, 5.74) is 3.07. The Kier molecular flexibility index (Phi) is 9.31. The molecule has 0 spiro atoms. The third kappa shape index (κ3) is 7.87. The Morgan fingerprint density at radius 3 is 2.06 bits per heavy atom. The standard InChI is InChI=1S/C25H31NO4S/c1-16(2)13-23(31)22(27)15-21(24(28)26-17(3)25(29)30)14-18-9-11-20(12-10-18)19-7-5-4-6-8-19/h4-12,16-17,21,23,31H,13-15H2,1-3H3,(H,26,28)(H,29,30)/t17-,21?,23?/m0/s1. The third-order valence-electron chi connectivity index (χ3n) is 5.16. The van der Waals surface area contributed by atoms with Crippen LogP contribution in [0.25, 0.3) is 11.1 Å². The van der Waals surface area contributed by atoms with Gasteiger partial charge in [-0.05, 0) is 42.4 Å². The lowest BCUT2D eigenvalue weighted by atomic mass is 9.90. The van der Waals surface area contributed by atoms with E-state index < -0.39 is 29.1 Å². The van der Waals surface area contributed by atoms with Gasteiger partial charge in [-0.25, -0.2) is 0 Å². The molecule has 2 N–H and O–H groups in total. The van der Waals surface area contributed by atoms with Crippen molar-refractivity contribution in [3.05, 3.63) is 60.2 Å². The molecular formula is C25H31NO4S. The van der Waals surface area contributed by atoms with Gasteiger partial charge in [0.15, 0.2) is 0 Å². The molecular weight excluding hydrogens is 410 g/mol. The number of aliphatic carboxylic acids is 1. The monoisotopic (exact) mass is 441 g/mol. The summed E-state index contributed by atoms with van der Waals surface area (Å²) < 4.78 is 0. The van der Waals surface area contributed by atoms with Crippen LogP contribution >= 0.6 is 12.6 Å². The van der Waals surface area contributed by atoms with Gasteiger partial charge in [0.1, 0.15) is 11.8 Å². The van der Waals surface area contributed by atoms with Gasteiger partial charge in [-0.1, -0.05) is 68.4 Å². The van der Waals surface area contributed by atoms with E-state index in [4.69, 9.17) is 5.11 Å². The Morgan fingerprint density at radius 1 is 0.935 bits per heavy atom. The lowest BCUT2D eigenvalue weighted by Gasteiger charge is -2.20. The SMILES string of the molecule is CC(C)CC(S)C(=O)CC(Cc1ccc(-c2ccccc2)cc1)C(=O)N[C@@H](C)C(=O)O. The number of thiol groups is 1. The molecule has 1 amide bonds. The highest BCUT2D eigenvalue weighted by atomic mass is 32.1. The van der Waals surface area contributed by atoms with Crippen molar-refractivity contribution in [3.8, 4) is 11.1 Å². The number of rotatable bonds is 11. The van der Waals surface area contributed by atoms with Crippen LogP contribution in [0.1, 0.15) is 39.2 Å². The van der Waals surface area contributed by atoms with E-state index in [1.54, 1.807) is 0 Å². The number of carboxylic acid groups (broad SMARTS) is 1. The Morgan fingerprint density at radius 2 is 1.52 bits per heavy atom. The molecule has 166 valence electrons. The van der Waals surface area contributed by atoms with Crippen molar-refractivity contribution < 1.29 is 19.5 Å². The predicted octanol–water partition coefficient (Wildman–Crippen LogP) is 4.41. The lowest BCUT2D eigenvalue weighted by molar-refractivity contribution is -0.142. The van der Waals surface area contributed by atoms with E-state index in [1.165, 1.54) is 6.92 Å². The average Bonchev–Trinajstić information content (AvgIpc) is 2.73. The van der Waals surface area contributed by atoms with E-state index in [-0.39, 0.29) is 12.2 Å². The summed E-state index contributed by atoms with van der Waals surface area (Å²) in [6.45, 7) is 5.45. The number of nitrogens with one attached hydrogen (secondary N) is 1. The van der Waals surface area contributed by atoms with Crippen LogP contribution in [-0.2, 0) is 20.8 Å². The highest BCUT2D eigenvalue weighted by Crippen LogP contribution is 2.23. The van der Waals surface area contributed by atoms with Crippen molar-refractivity contribution in [1.82, 2.24) is 5.32 Å². The minimum Gasteiger partial charge on any atom is -0.480 e. The fourth-order valence-corrected chi connectivity index (χ4v) is 3.88. The van der Waals surface area contributed by atoms with Gasteiger partial charge in [-0.2, -0.15) is 12.6 Å². The van der Waals surface area contributed by atoms with Gasteiger partial charge in [0.2, 0.25) is 5.91 Å². The fourth-order valence-electron chi connectivity index (χ4n) is 3.36. The van der Waals surface area contributed by atoms with Crippen LogP contribution in [0.3, 0.4) is 0 Å². The number of carbonyl (C=O) groups is 3. The first-order valence-corrected chi connectivity index (χ1v) is 11.1. The number of ketones is 1.